The molecule has 0 radical (unpaired) electrons. The second-order valence-corrected chi connectivity index (χ2v) is 3.64. The monoisotopic (exact) mass is 287 g/mol. The molecule has 0 atom stereocenters. The molecule has 82 valence electrons. The molecule has 2 aromatic rings. The van der Waals surface area contributed by atoms with E-state index in [1.54, 1.807) is 0 Å². The molecule has 1 heterocycles. The normalized spacial score (nSPS) is 10.7. The number of halogens is 3. The average molecular weight is 288 g/mol. The van der Waals surface area contributed by atoms with Crippen LogP contribution in [0.4, 0.5) is 8.78 Å². The van der Waals surface area contributed by atoms with Gasteiger partial charge < -0.3 is 9.72 Å². The van der Waals surface area contributed by atoms with Crippen LogP contribution in [0.5, 0.6) is 5.75 Å². The van der Waals surface area contributed by atoms with Crippen LogP contribution in [0.2, 0.25) is 0 Å². The van der Waals surface area contributed by atoms with Crippen LogP contribution in [0, 0.1) is 11.3 Å². The third-order valence-electron chi connectivity index (χ3n) is 1.88. The first-order valence-electron chi connectivity index (χ1n) is 4.14. The number of ether oxygens (including phenoxy) is 1. The van der Waals surface area contributed by atoms with Crippen LogP contribution in [0.3, 0.4) is 0 Å². The lowest BCUT2D eigenvalue weighted by molar-refractivity contribution is -0.0497. The summed E-state index contributed by atoms with van der Waals surface area (Å²) < 4.78 is 28.7. The van der Waals surface area contributed by atoms with Crippen molar-refractivity contribution in [3.63, 3.8) is 0 Å². The van der Waals surface area contributed by atoms with Crippen molar-refractivity contribution in [2.24, 2.45) is 0 Å². The zero-order valence-electron chi connectivity index (χ0n) is 7.67. The molecule has 1 N–H and O–H groups in total. The van der Waals surface area contributed by atoms with Gasteiger partial charge in [0, 0.05) is 12.1 Å². The van der Waals surface area contributed by atoms with Gasteiger partial charge >= 0.3 is 6.61 Å². The molecule has 0 spiro atoms. The average Bonchev–Trinajstić information content (AvgIpc) is 2.56. The summed E-state index contributed by atoms with van der Waals surface area (Å²) >= 11 is 3.10. The number of nitriles is 1. The molecule has 0 aliphatic heterocycles. The zero-order valence-corrected chi connectivity index (χ0v) is 9.25. The lowest BCUT2D eigenvalue weighted by atomic mass is 10.2. The summed E-state index contributed by atoms with van der Waals surface area (Å²) in [6.45, 7) is -2.92. The Morgan fingerprint density at radius 3 is 2.88 bits per heavy atom. The third-order valence-corrected chi connectivity index (χ3v) is 2.25. The topological polar surface area (TPSA) is 61.7 Å². The lowest BCUT2D eigenvalue weighted by Crippen LogP contribution is -2.02. The highest BCUT2D eigenvalue weighted by molar-refractivity contribution is 9.10. The van der Waals surface area contributed by atoms with E-state index >= 15 is 0 Å². The van der Waals surface area contributed by atoms with Crippen LogP contribution in [-0.2, 0) is 0 Å². The van der Waals surface area contributed by atoms with Crippen LogP contribution >= 0.6 is 15.9 Å². The number of nitrogens with zero attached hydrogens (tertiary/aromatic N) is 2. The molecule has 2 rings (SSSR count). The highest BCUT2D eigenvalue weighted by Gasteiger charge is 2.11. The Bertz CT molecular complexity index is 576. The van der Waals surface area contributed by atoms with Crippen molar-refractivity contribution in [2.75, 3.05) is 0 Å². The second-order valence-electron chi connectivity index (χ2n) is 2.88. The molecule has 0 amide bonds. The van der Waals surface area contributed by atoms with Gasteiger partial charge in [-0.15, -0.1) is 0 Å². The van der Waals surface area contributed by atoms with Gasteiger partial charge in [0.2, 0.25) is 0 Å². The second kappa shape index (κ2) is 4.06. The molecular formula is C9H4BrF2N3O. The van der Waals surface area contributed by atoms with E-state index < -0.39 is 6.61 Å². The first-order valence-corrected chi connectivity index (χ1v) is 4.93. The van der Waals surface area contributed by atoms with E-state index in [2.05, 4.69) is 30.6 Å². The molecule has 4 nitrogen and oxygen atoms in total. The summed E-state index contributed by atoms with van der Waals surface area (Å²) in [4.78, 5) is 6.78. The van der Waals surface area contributed by atoms with E-state index in [0.29, 0.717) is 15.8 Å². The van der Waals surface area contributed by atoms with Crippen LogP contribution in [-0.4, -0.2) is 16.6 Å². The van der Waals surface area contributed by atoms with Gasteiger partial charge in [-0.2, -0.15) is 14.0 Å². The fraction of sp³-hybridized carbons (Fsp3) is 0.111. The molecule has 1 aromatic carbocycles. The number of nitrogens with one attached hydrogen (secondary N) is 1. The van der Waals surface area contributed by atoms with Gasteiger partial charge in [0.05, 0.1) is 11.1 Å². The van der Waals surface area contributed by atoms with Gasteiger partial charge in [0.1, 0.15) is 17.3 Å². The third kappa shape index (κ3) is 1.97. The molecule has 0 saturated carbocycles. The summed E-state index contributed by atoms with van der Waals surface area (Å²) in [7, 11) is 0. The molecule has 0 saturated heterocycles. The van der Waals surface area contributed by atoms with Crippen LogP contribution < -0.4 is 4.74 Å². The Hall–Kier alpha value is -1.68. The van der Waals surface area contributed by atoms with E-state index in [1.807, 2.05) is 6.07 Å². The zero-order chi connectivity index (χ0) is 11.7. The maximum Gasteiger partial charge on any atom is 0.387 e. The number of benzene rings is 1. The van der Waals surface area contributed by atoms with E-state index in [-0.39, 0.29) is 11.3 Å². The summed E-state index contributed by atoms with van der Waals surface area (Å²) in [5, 5.41) is 8.84. The first kappa shape index (κ1) is 10.8. The highest BCUT2D eigenvalue weighted by atomic mass is 79.9. The van der Waals surface area contributed by atoms with Crippen LogP contribution in [0.15, 0.2) is 16.9 Å². The Balaban J connectivity index is 2.59. The number of aromatic amines is 1. The Morgan fingerprint density at radius 1 is 1.50 bits per heavy atom. The quantitative estimate of drug-likeness (QED) is 0.924. The van der Waals surface area contributed by atoms with E-state index in [1.165, 1.54) is 12.1 Å². The lowest BCUT2D eigenvalue weighted by Gasteiger charge is -2.04. The van der Waals surface area contributed by atoms with E-state index in [0.717, 1.165) is 0 Å². The van der Waals surface area contributed by atoms with Crippen molar-refractivity contribution >= 4 is 27.0 Å². The number of rotatable bonds is 2. The molecule has 0 aliphatic carbocycles. The summed E-state index contributed by atoms with van der Waals surface area (Å²) in [6.07, 6.45) is 0. The number of alkyl halides is 2. The van der Waals surface area contributed by atoms with Crippen molar-refractivity contribution in [1.82, 2.24) is 9.97 Å². The molecule has 1 aromatic heterocycles. The van der Waals surface area contributed by atoms with Crippen molar-refractivity contribution in [1.29, 1.82) is 5.26 Å². The summed E-state index contributed by atoms with van der Waals surface area (Å²) in [5.74, 6) is -0.0739. The van der Waals surface area contributed by atoms with E-state index in [9.17, 15) is 8.78 Å². The maximum absolute atomic E-state index is 12.0. The predicted molar refractivity (Wildman–Crippen MR) is 55.1 cm³/mol. The number of hydrogen-bond donors (Lipinski definition) is 1. The molecule has 0 fully saturated rings. The number of imidazole rings is 1. The van der Waals surface area contributed by atoms with Gasteiger partial charge in [-0.05, 0) is 15.9 Å². The van der Waals surface area contributed by atoms with Gasteiger partial charge in [0.25, 0.3) is 0 Å². The largest absolute Gasteiger partial charge is 0.435 e. The molecule has 0 unspecified atom stereocenters. The number of aromatic nitrogens is 2. The van der Waals surface area contributed by atoms with Gasteiger partial charge in [-0.3, -0.25) is 0 Å². The molecular weight excluding hydrogens is 284 g/mol. The molecule has 7 heteroatoms. The van der Waals surface area contributed by atoms with Gasteiger partial charge in [0.15, 0.2) is 4.73 Å². The highest BCUT2D eigenvalue weighted by Crippen LogP contribution is 2.25. The summed E-state index contributed by atoms with van der Waals surface area (Å²) in [5.41, 5.74) is 1.05. The Kier molecular flexibility index (Phi) is 2.75. The smallest absolute Gasteiger partial charge is 0.387 e. The van der Waals surface area contributed by atoms with E-state index in [4.69, 9.17) is 5.26 Å². The standard InChI is InChI=1S/C9H4BrF2N3O/c10-8-14-6-2-5(16-9(11)12)1-4(3-13)7(6)15-8/h1-2,9H,(H,14,15). The van der Waals surface area contributed by atoms with Crippen molar-refractivity contribution in [3.8, 4) is 11.8 Å². The van der Waals surface area contributed by atoms with Crippen molar-refractivity contribution in [3.05, 3.63) is 22.4 Å². The Morgan fingerprint density at radius 2 is 2.25 bits per heavy atom. The fourth-order valence-corrected chi connectivity index (χ4v) is 1.71. The minimum atomic E-state index is -2.92. The van der Waals surface area contributed by atoms with Gasteiger partial charge in [-0.25, -0.2) is 4.98 Å². The van der Waals surface area contributed by atoms with Crippen molar-refractivity contribution in [2.45, 2.75) is 6.61 Å². The predicted octanol–water partition coefficient (Wildman–Crippen LogP) is 2.80. The minimum Gasteiger partial charge on any atom is -0.435 e. The SMILES string of the molecule is N#Cc1cc(OC(F)F)cc2[nH]c(Br)nc12. The Labute approximate surface area is 97.0 Å². The van der Waals surface area contributed by atoms with Crippen LogP contribution in [0.25, 0.3) is 11.0 Å². The fourth-order valence-electron chi connectivity index (χ4n) is 1.32. The number of hydrogen-bond acceptors (Lipinski definition) is 3. The molecule has 16 heavy (non-hydrogen) atoms. The van der Waals surface area contributed by atoms with Crippen molar-refractivity contribution < 1.29 is 13.5 Å². The summed E-state index contributed by atoms with van der Waals surface area (Å²) in [6, 6.07) is 4.45. The molecule has 0 bridgehead atoms. The van der Waals surface area contributed by atoms with Gasteiger partial charge in [-0.1, -0.05) is 0 Å². The maximum atomic E-state index is 12.0. The number of H-pyrrole nitrogens is 1. The van der Waals surface area contributed by atoms with Crippen LogP contribution in [0.1, 0.15) is 5.56 Å². The molecule has 0 aliphatic rings. The minimum absolute atomic E-state index is 0.0739. The first-order chi connectivity index (χ1) is 7.60. The number of fused-ring (bicyclic) bond motifs is 1.